The van der Waals surface area contributed by atoms with Gasteiger partial charge in [0.1, 0.15) is 5.82 Å². The fourth-order valence-corrected chi connectivity index (χ4v) is 2.89. The zero-order chi connectivity index (χ0) is 18.5. The Morgan fingerprint density at radius 2 is 1.96 bits per heavy atom. The van der Waals surface area contributed by atoms with E-state index < -0.39 is 0 Å². The first kappa shape index (κ1) is 18.3. The maximum atomic E-state index is 13.0. The molecule has 1 aliphatic heterocycles. The number of hydrogen-bond acceptors (Lipinski definition) is 3. The summed E-state index contributed by atoms with van der Waals surface area (Å²) in [6, 6.07) is 9.31. The molecule has 1 atom stereocenters. The van der Waals surface area contributed by atoms with E-state index in [1.54, 1.807) is 30.3 Å². The maximum absolute atomic E-state index is 13.0. The smallest absolute Gasteiger partial charge is 0.244 e. The highest BCUT2D eigenvalue weighted by atomic mass is 35.5. The van der Waals surface area contributed by atoms with Crippen molar-refractivity contribution in [3.63, 3.8) is 0 Å². The van der Waals surface area contributed by atoms with Crippen LogP contribution >= 0.6 is 11.6 Å². The van der Waals surface area contributed by atoms with Gasteiger partial charge in [0.05, 0.1) is 24.3 Å². The lowest BCUT2D eigenvalue weighted by Gasteiger charge is -2.13. The van der Waals surface area contributed by atoms with Gasteiger partial charge in [-0.25, -0.2) is 4.39 Å². The summed E-state index contributed by atoms with van der Waals surface area (Å²) in [5.74, 6) is 0.550. The number of carbonyl (C=O) groups is 1. The Kier molecular flexibility index (Phi) is 5.78. The van der Waals surface area contributed by atoms with Crippen LogP contribution in [0.2, 0.25) is 5.02 Å². The Hall–Kier alpha value is -2.53. The van der Waals surface area contributed by atoms with Crippen molar-refractivity contribution in [1.29, 1.82) is 0 Å². The minimum atomic E-state index is -0.307. The molecule has 0 radical (unpaired) electrons. The number of halogens is 2. The van der Waals surface area contributed by atoms with Gasteiger partial charge in [-0.2, -0.15) is 0 Å². The molecule has 2 aromatic carbocycles. The molecule has 0 saturated heterocycles. The standard InChI is InChI=1S/C20H19ClFNO3/c1-13(15-4-6-16(22)7-5-15)23-19(24)8-3-14-11-17(21)20-18(12-14)25-9-2-10-26-20/h3-8,11-13H,2,9-10H2,1H3,(H,23,24)/b8-3+/t13-/m1/s1. The fraction of sp³-hybridized carbons (Fsp3) is 0.250. The Labute approximate surface area is 156 Å². The van der Waals surface area contributed by atoms with E-state index >= 15 is 0 Å². The van der Waals surface area contributed by atoms with Crippen molar-refractivity contribution in [3.8, 4) is 11.5 Å². The quantitative estimate of drug-likeness (QED) is 0.798. The molecule has 26 heavy (non-hydrogen) atoms. The Balaban J connectivity index is 1.67. The van der Waals surface area contributed by atoms with Gasteiger partial charge >= 0.3 is 0 Å². The topological polar surface area (TPSA) is 47.6 Å². The van der Waals surface area contributed by atoms with Crippen molar-refractivity contribution in [2.24, 2.45) is 0 Å². The SMILES string of the molecule is C[C@@H](NC(=O)/C=C/c1cc(Cl)c2c(c1)OCCCO2)c1ccc(F)cc1. The van der Waals surface area contributed by atoms with Crippen LogP contribution < -0.4 is 14.8 Å². The maximum Gasteiger partial charge on any atom is 0.244 e. The summed E-state index contributed by atoms with van der Waals surface area (Å²) in [6.07, 6.45) is 3.88. The Morgan fingerprint density at radius 1 is 1.23 bits per heavy atom. The molecule has 0 aliphatic carbocycles. The molecule has 6 heteroatoms. The molecule has 1 amide bonds. The summed E-state index contributed by atoms with van der Waals surface area (Å²) in [4.78, 5) is 12.1. The van der Waals surface area contributed by atoms with Crippen LogP contribution in [0.3, 0.4) is 0 Å². The number of nitrogens with one attached hydrogen (secondary N) is 1. The number of rotatable bonds is 4. The number of benzene rings is 2. The first-order valence-corrected chi connectivity index (χ1v) is 8.74. The monoisotopic (exact) mass is 375 g/mol. The third kappa shape index (κ3) is 4.55. The molecular formula is C20H19ClFNO3. The van der Waals surface area contributed by atoms with E-state index in [2.05, 4.69) is 5.32 Å². The molecule has 1 aliphatic rings. The molecule has 0 aromatic heterocycles. The second-order valence-electron chi connectivity index (χ2n) is 6.00. The largest absolute Gasteiger partial charge is 0.489 e. The van der Waals surface area contributed by atoms with E-state index in [-0.39, 0.29) is 17.8 Å². The third-order valence-electron chi connectivity index (χ3n) is 3.98. The highest BCUT2D eigenvalue weighted by Crippen LogP contribution is 2.38. The molecule has 1 N–H and O–H groups in total. The molecule has 0 spiro atoms. The molecule has 0 unspecified atom stereocenters. The number of carbonyl (C=O) groups excluding carboxylic acids is 1. The number of amides is 1. The van der Waals surface area contributed by atoms with Gasteiger partial charge in [0, 0.05) is 12.5 Å². The van der Waals surface area contributed by atoms with Crippen molar-refractivity contribution < 1.29 is 18.7 Å². The van der Waals surface area contributed by atoms with Crippen molar-refractivity contribution in [2.45, 2.75) is 19.4 Å². The molecule has 0 fully saturated rings. The summed E-state index contributed by atoms with van der Waals surface area (Å²) in [5, 5.41) is 3.28. The van der Waals surface area contributed by atoms with E-state index in [0.717, 1.165) is 17.5 Å². The van der Waals surface area contributed by atoms with Gasteiger partial charge in [0.2, 0.25) is 5.91 Å². The van der Waals surface area contributed by atoms with Crippen LogP contribution in [0.1, 0.15) is 30.5 Å². The Morgan fingerprint density at radius 3 is 2.73 bits per heavy atom. The molecule has 136 valence electrons. The zero-order valence-corrected chi connectivity index (χ0v) is 15.1. The first-order valence-electron chi connectivity index (χ1n) is 8.36. The molecular weight excluding hydrogens is 357 g/mol. The van der Waals surface area contributed by atoms with Gasteiger partial charge < -0.3 is 14.8 Å². The van der Waals surface area contributed by atoms with E-state index in [1.807, 2.05) is 6.92 Å². The lowest BCUT2D eigenvalue weighted by molar-refractivity contribution is -0.117. The van der Waals surface area contributed by atoms with Crippen LogP contribution in [0.15, 0.2) is 42.5 Å². The summed E-state index contributed by atoms with van der Waals surface area (Å²) in [6.45, 7) is 2.96. The average Bonchev–Trinajstić information content (AvgIpc) is 2.86. The van der Waals surface area contributed by atoms with Gasteiger partial charge in [-0.05, 0) is 48.4 Å². The lowest BCUT2D eigenvalue weighted by Crippen LogP contribution is -2.24. The van der Waals surface area contributed by atoms with Gasteiger partial charge in [-0.15, -0.1) is 0 Å². The van der Waals surface area contributed by atoms with Crippen molar-refractivity contribution in [3.05, 3.63) is 64.4 Å². The fourth-order valence-electron chi connectivity index (χ4n) is 2.62. The predicted molar refractivity (Wildman–Crippen MR) is 99.1 cm³/mol. The van der Waals surface area contributed by atoms with E-state index in [1.165, 1.54) is 18.2 Å². The zero-order valence-electron chi connectivity index (χ0n) is 14.3. The molecule has 0 saturated carbocycles. The summed E-state index contributed by atoms with van der Waals surface area (Å²) in [5.41, 5.74) is 1.57. The normalized spacial score (nSPS) is 14.7. The molecule has 2 aromatic rings. The van der Waals surface area contributed by atoms with E-state index in [9.17, 15) is 9.18 Å². The number of ether oxygens (including phenoxy) is 2. The van der Waals surface area contributed by atoms with Crippen LogP contribution in [-0.2, 0) is 4.79 Å². The Bertz CT molecular complexity index is 821. The summed E-state index contributed by atoms with van der Waals surface area (Å²) >= 11 is 6.24. The number of hydrogen-bond donors (Lipinski definition) is 1. The van der Waals surface area contributed by atoms with Gasteiger partial charge in [-0.1, -0.05) is 23.7 Å². The minimum Gasteiger partial charge on any atom is -0.489 e. The van der Waals surface area contributed by atoms with E-state index in [0.29, 0.717) is 29.7 Å². The third-order valence-corrected chi connectivity index (χ3v) is 4.26. The second-order valence-corrected chi connectivity index (χ2v) is 6.40. The van der Waals surface area contributed by atoms with Crippen LogP contribution in [0.25, 0.3) is 6.08 Å². The van der Waals surface area contributed by atoms with Crippen LogP contribution in [0, 0.1) is 5.82 Å². The van der Waals surface area contributed by atoms with Crippen molar-refractivity contribution in [2.75, 3.05) is 13.2 Å². The summed E-state index contributed by atoms with van der Waals surface area (Å²) < 4.78 is 24.2. The lowest BCUT2D eigenvalue weighted by atomic mass is 10.1. The van der Waals surface area contributed by atoms with Crippen LogP contribution in [0.4, 0.5) is 4.39 Å². The highest BCUT2D eigenvalue weighted by molar-refractivity contribution is 6.32. The molecule has 4 nitrogen and oxygen atoms in total. The van der Waals surface area contributed by atoms with Gasteiger partial charge in [-0.3, -0.25) is 4.79 Å². The van der Waals surface area contributed by atoms with Crippen molar-refractivity contribution in [1.82, 2.24) is 5.32 Å². The second kappa shape index (κ2) is 8.23. The molecule has 1 heterocycles. The first-order chi connectivity index (χ1) is 12.5. The minimum absolute atomic E-state index is 0.236. The molecule has 0 bridgehead atoms. The number of fused-ring (bicyclic) bond motifs is 1. The van der Waals surface area contributed by atoms with Gasteiger partial charge in [0.15, 0.2) is 11.5 Å². The van der Waals surface area contributed by atoms with Gasteiger partial charge in [0.25, 0.3) is 0 Å². The van der Waals surface area contributed by atoms with Crippen LogP contribution in [-0.4, -0.2) is 19.1 Å². The predicted octanol–water partition coefficient (Wildman–Crippen LogP) is 4.53. The average molecular weight is 376 g/mol. The highest BCUT2D eigenvalue weighted by Gasteiger charge is 2.15. The van der Waals surface area contributed by atoms with Crippen molar-refractivity contribution >= 4 is 23.6 Å². The molecule has 3 rings (SSSR count). The summed E-state index contributed by atoms with van der Waals surface area (Å²) in [7, 11) is 0. The van der Waals surface area contributed by atoms with Crippen LogP contribution in [0.5, 0.6) is 11.5 Å². The van der Waals surface area contributed by atoms with E-state index in [4.69, 9.17) is 21.1 Å².